The lowest BCUT2D eigenvalue weighted by Gasteiger charge is -2.09. The topological polar surface area (TPSA) is 52.3 Å². The number of amides is 1. The number of carbonyl (C=O) groups is 1. The molecular weight excluding hydrogens is 238 g/mol. The van der Waals surface area contributed by atoms with Crippen LogP contribution >= 0.6 is 0 Å². The van der Waals surface area contributed by atoms with Gasteiger partial charge < -0.3 is 10.5 Å². The third kappa shape index (κ3) is 4.00. The molecule has 0 spiro atoms. The molecule has 0 radical (unpaired) electrons. The summed E-state index contributed by atoms with van der Waals surface area (Å²) in [7, 11) is 0. The molecule has 2 N–H and O–H groups in total. The fourth-order valence-electron chi connectivity index (χ4n) is 1.66. The van der Waals surface area contributed by atoms with E-state index in [1.165, 1.54) is 6.08 Å². The maximum Gasteiger partial charge on any atom is 0.241 e. The molecule has 3 nitrogen and oxygen atoms in total. The number of ether oxygens (including phenoxy) is 1. The van der Waals surface area contributed by atoms with Crippen molar-refractivity contribution < 1.29 is 9.53 Å². The van der Waals surface area contributed by atoms with Crippen LogP contribution in [0.1, 0.15) is 11.1 Å². The van der Waals surface area contributed by atoms with Gasteiger partial charge in [0, 0.05) is 11.6 Å². The highest BCUT2D eigenvalue weighted by molar-refractivity contribution is 5.90. The van der Waals surface area contributed by atoms with Crippen molar-refractivity contribution in [2.75, 3.05) is 0 Å². The molecule has 3 heteroatoms. The van der Waals surface area contributed by atoms with Gasteiger partial charge in [-0.25, -0.2) is 0 Å². The van der Waals surface area contributed by atoms with Crippen molar-refractivity contribution in [1.82, 2.24) is 0 Å². The second-order valence-corrected chi connectivity index (χ2v) is 4.05. The molecule has 2 aromatic rings. The van der Waals surface area contributed by atoms with E-state index < -0.39 is 5.91 Å². The lowest BCUT2D eigenvalue weighted by molar-refractivity contribution is -0.113. The molecule has 0 fully saturated rings. The Morgan fingerprint density at radius 1 is 1.05 bits per heavy atom. The molecule has 96 valence electrons. The normalized spacial score (nSPS) is 10.5. The predicted octanol–water partition coefficient (Wildman–Crippen LogP) is 2.76. The van der Waals surface area contributed by atoms with E-state index in [0.29, 0.717) is 6.61 Å². The summed E-state index contributed by atoms with van der Waals surface area (Å²) < 4.78 is 5.75. The Morgan fingerprint density at radius 2 is 1.74 bits per heavy atom. The van der Waals surface area contributed by atoms with Crippen molar-refractivity contribution in [3.63, 3.8) is 0 Å². The summed E-state index contributed by atoms with van der Waals surface area (Å²) in [4.78, 5) is 10.8. The number of hydrogen-bond donors (Lipinski definition) is 1. The molecule has 2 aromatic carbocycles. The van der Waals surface area contributed by atoms with Crippen LogP contribution in [0, 0.1) is 0 Å². The third-order valence-electron chi connectivity index (χ3n) is 2.58. The first-order valence-corrected chi connectivity index (χ1v) is 5.99. The summed E-state index contributed by atoms with van der Waals surface area (Å²) in [6.07, 6.45) is 2.98. The summed E-state index contributed by atoms with van der Waals surface area (Å²) in [5, 5.41) is 0. The van der Waals surface area contributed by atoms with Gasteiger partial charge in [-0.15, -0.1) is 0 Å². The standard InChI is InChI=1S/C16H15NO2/c17-16(18)11-10-14-8-4-5-9-15(14)19-12-13-6-2-1-3-7-13/h1-11H,12H2,(H2,17,18)/b11-10-. The number of rotatable bonds is 5. The van der Waals surface area contributed by atoms with Gasteiger partial charge in [0.25, 0.3) is 0 Å². The second-order valence-electron chi connectivity index (χ2n) is 4.05. The van der Waals surface area contributed by atoms with Gasteiger partial charge in [-0.3, -0.25) is 4.79 Å². The lowest BCUT2D eigenvalue weighted by atomic mass is 10.2. The first kappa shape index (κ1) is 12.9. The van der Waals surface area contributed by atoms with Gasteiger partial charge in [-0.05, 0) is 17.7 Å². The lowest BCUT2D eigenvalue weighted by Crippen LogP contribution is -2.05. The van der Waals surface area contributed by atoms with Crippen LogP contribution in [-0.2, 0) is 11.4 Å². The zero-order valence-corrected chi connectivity index (χ0v) is 10.5. The summed E-state index contributed by atoms with van der Waals surface area (Å²) in [5.74, 6) is 0.252. The number of para-hydroxylation sites is 1. The first-order valence-electron chi connectivity index (χ1n) is 5.99. The molecule has 0 aliphatic carbocycles. The molecule has 0 aliphatic rings. The van der Waals surface area contributed by atoms with Crippen molar-refractivity contribution >= 4 is 12.0 Å². The molecule has 0 saturated carbocycles. The zero-order chi connectivity index (χ0) is 13.5. The van der Waals surface area contributed by atoms with Gasteiger partial charge in [-0.1, -0.05) is 48.5 Å². The van der Waals surface area contributed by atoms with Crippen LogP contribution in [-0.4, -0.2) is 5.91 Å². The molecule has 0 atom stereocenters. The highest BCUT2D eigenvalue weighted by Gasteiger charge is 2.00. The van der Waals surface area contributed by atoms with Crippen LogP contribution in [0.4, 0.5) is 0 Å². The molecule has 0 aliphatic heterocycles. The van der Waals surface area contributed by atoms with Gasteiger partial charge in [0.15, 0.2) is 0 Å². The molecule has 1 amide bonds. The summed E-state index contributed by atoms with van der Waals surface area (Å²) in [6.45, 7) is 0.488. The Labute approximate surface area is 112 Å². The minimum atomic E-state index is -0.474. The van der Waals surface area contributed by atoms with Crippen molar-refractivity contribution in [1.29, 1.82) is 0 Å². The predicted molar refractivity (Wildman–Crippen MR) is 75.4 cm³/mol. The van der Waals surface area contributed by atoms with E-state index in [2.05, 4.69) is 0 Å². The number of hydrogen-bond acceptors (Lipinski definition) is 2. The van der Waals surface area contributed by atoms with Gasteiger partial charge in [0.05, 0.1) is 0 Å². The summed E-state index contributed by atoms with van der Waals surface area (Å²) in [6, 6.07) is 17.4. The molecule has 0 unspecified atom stereocenters. The van der Waals surface area contributed by atoms with Crippen molar-refractivity contribution in [2.24, 2.45) is 5.73 Å². The fraction of sp³-hybridized carbons (Fsp3) is 0.0625. The highest BCUT2D eigenvalue weighted by atomic mass is 16.5. The molecule has 19 heavy (non-hydrogen) atoms. The first-order chi connectivity index (χ1) is 9.25. The van der Waals surface area contributed by atoms with Crippen LogP contribution in [0.25, 0.3) is 6.08 Å². The van der Waals surface area contributed by atoms with Gasteiger partial charge in [-0.2, -0.15) is 0 Å². The molecule has 0 bridgehead atoms. The average molecular weight is 253 g/mol. The zero-order valence-electron chi connectivity index (χ0n) is 10.5. The Kier molecular flexibility index (Phi) is 4.34. The molecule has 0 heterocycles. The Morgan fingerprint density at radius 3 is 2.47 bits per heavy atom. The number of benzene rings is 2. The summed E-state index contributed by atoms with van der Waals surface area (Å²) >= 11 is 0. The second kappa shape index (κ2) is 6.40. The van der Waals surface area contributed by atoms with Gasteiger partial charge >= 0.3 is 0 Å². The number of nitrogens with two attached hydrogens (primary N) is 1. The van der Waals surface area contributed by atoms with E-state index in [1.807, 2.05) is 54.6 Å². The SMILES string of the molecule is NC(=O)/C=C\c1ccccc1OCc1ccccc1. The van der Waals surface area contributed by atoms with E-state index in [0.717, 1.165) is 16.9 Å². The van der Waals surface area contributed by atoms with Crippen LogP contribution in [0.3, 0.4) is 0 Å². The van der Waals surface area contributed by atoms with Gasteiger partial charge in [0.1, 0.15) is 12.4 Å². The smallest absolute Gasteiger partial charge is 0.241 e. The minimum absolute atomic E-state index is 0.474. The molecular formula is C16H15NO2. The van der Waals surface area contributed by atoms with E-state index >= 15 is 0 Å². The van der Waals surface area contributed by atoms with Crippen LogP contribution in [0.15, 0.2) is 60.7 Å². The number of primary amides is 1. The molecule has 2 rings (SSSR count). The third-order valence-corrected chi connectivity index (χ3v) is 2.58. The molecule has 0 aromatic heterocycles. The highest BCUT2D eigenvalue weighted by Crippen LogP contribution is 2.20. The quantitative estimate of drug-likeness (QED) is 0.833. The molecule has 0 saturated heterocycles. The Hall–Kier alpha value is -2.55. The van der Waals surface area contributed by atoms with E-state index in [9.17, 15) is 4.79 Å². The van der Waals surface area contributed by atoms with Crippen molar-refractivity contribution in [3.8, 4) is 5.75 Å². The Balaban J connectivity index is 2.10. The fourth-order valence-corrected chi connectivity index (χ4v) is 1.66. The minimum Gasteiger partial charge on any atom is -0.488 e. The monoisotopic (exact) mass is 253 g/mol. The number of carbonyl (C=O) groups excluding carboxylic acids is 1. The maximum absolute atomic E-state index is 10.8. The van der Waals surface area contributed by atoms with Crippen molar-refractivity contribution in [2.45, 2.75) is 6.61 Å². The average Bonchev–Trinajstić information content (AvgIpc) is 2.45. The summed E-state index contributed by atoms with van der Waals surface area (Å²) in [5.41, 5.74) is 7.01. The maximum atomic E-state index is 10.8. The van der Waals surface area contributed by atoms with Crippen LogP contribution < -0.4 is 10.5 Å². The Bertz CT molecular complexity index is 576. The van der Waals surface area contributed by atoms with E-state index in [-0.39, 0.29) is 0 Å². The van der Waals surface area contributed by atoms with Gasteiger partial charge in [0.2, 0.25) is 5.91 Å². The largest absolute Gasteiger partial charge is 0.488 e. The van der Waals surface area contributed by atoms with E-state index in [1.54, 1.807) is 6.08 Å². The van der Waals surface area contributed by atoms with Crippen molar-refractivity contribution in [3.05, 3.63) is 71.8 Å². The van der Waals surface area contributed by atoms with E-state index in [4.69, 9.17) is 10.5 Å². The van der Waals surface area contributed by atoms with Crippen LogP contribution in [0.2, 0.25) is 0 Å². The van der Waals surface area contributed by atoms with Crippen LogP contribution in [0.5, 0.6) is 5.75 Å².